The second-order valence-corrected chi connectivity index (χ2v) is 4.59. The van der Waals surface area contributed by atoms with Gasteiger partial charge in [-0.1, -0.05) is 12.1 Å². The Morgan fingerprint density at radius 3 is 2.16 bits per heavy atom. The topological polar surface area (TPSA) is 40.5 Å². The molecule has 0 saturated carbocycles. The summed E-state index contributed by atoms with van der Waals surface area (Å²) in [5.41, 5.74) is -0.0477. The number of aliphatic carboxylic acids is 1. The lowest BCUT2D eigenvalue weighted by molar-refractivity contribution is -0.139. The molecule has 6 heteroatoms. The van der Waals surface area contributed by atoms with Gasteiger partial charge in [-0.05, 0) is 31.5 Å². The van der Waals surface area contributed by atoms with E-state index in [0.717, 1.165) is 12.1 Å². The first-order valence-electron chi connectivity index (χ1n) is 5.82. The Morgan fingerprint density at radius 2 is 1.79 bits per heavy atom. The van der Waals surface area contributed by atoms with E-state index in [9.17, 15) is 18.0 Å². The summed E-state index contributed by atoms with van der Waals surface area (Å²) < 4.78 is 37.2. The van der Waals surface area contributed by atoms with Gasteiger partial charge in [0.15, 0.2) is 0 Å². The molecule has 0 saturated heterocycles. The molecule has 3 nitrogen and oxygen atoms in total. The molecule has 19 heavy (non-hydrogen) atoms. The van der Waals surface area contributed by atoms with Gasteiger partial charge in [0.1, 0.15) is 0 Å². The van der Waals surface area contributed by atoms with Crippen LogP contribution in [-0.4, -0.2) is 28.6 Å². The molecule has 1 aromatic carbocycles. The van der Waals surface area contributed by atoms with Crippen LogP contribution in [0.2, 0.25) is 0 Å². The number of hydrogen-bond donors (Lipinski definition) is 1. The van der Waals surface area contributed by atoms with E-state index in [1.54, 1.807) is 4.90 Å². The van der Waals surface area contributed by atoms with E-state index in [-0.39, 0.29) is 12.6 Å². The maximum atomic E-state index is 12.4. The minimum Gasteiger partial charge on any atom is -0.480 e. The Kier molecular flexibility index (Phi) is 4.94. The molecule has 1 N–H and O–H groups in total. The van der Waals surface area contributed by atoms with Gasteiger partial charge in [0.05, 0.1) is 12.1 Å². The quantitative estimate of drug-likeness (QED) is 0.898. The van der Waals surface area contributed by atoms with Gasteiger partial charge in [-0.3, -0.25) is 9.69 Å². The molecule has 0 aromatic heterocycles. The molecule has 0 atom stereocenters. The van der Waals surface area contributed by atoms with Crippen LogP contribution < -0.4 is 0 Å². The summed E-state index contributed by atoms with van der Waals surface area (Å²) in [5.74, 6) is -0.958. The Bertz CT molecular complexity index is 427. The third kappa shape index (κ3) is 4.90. The zero-order valence-electron chi connectivity index (χ0n) is 10.7. The molecule has 0 aliphatic rings. The van der Waals surface area contributed by atoms with Crippen molar-refractivity contribution in [1.82, 2.24) is 4.90 Å². The summed E-state index contributed by atoms with van der Waals surface area (Å²) in [6.45, 7) is 3.85. The molecule has 0 amide bonds. The predicted octanol–water partition coefficient (Wildman–Crippen LogP) is 3.00. The summed E-state index contributed by atoms with van der Waals surface area (Å²) in [6, 6.07) is 4.77. The first-order chi connectivity index (χ1) is 8.70. The fraction of sp³-hybridized carbons (Fsp3) is 0.462. The van der Waals surface area contributed by atoms with Gasteiger partial charge >= 0.3 is 12.1 Å². The van der Waals surface area contributed by atoms with E-state index in [4.69, 9.17) is 5.11 Å². The smallest absolute Gasteiger partial charge is 0.416 e. The fourth-order valence-corrected chi connectivity index (χ4v) is 1.63. The number of carboxylic acids is 1. The van der Waals surface area contributed by atoms with Crippen molar-refractivity contribution >= 4 is 5.97 Å². The Labute approximate surface area is 109 Å². The highest BCUT2D eigenvalue weighted by Gasteiger charge is 2.30. The molecule has 0 radical (unpaired) electrons. The Balaban J connectivity index is 2.78. The number of rotatable bonds is 5. The average molecular weight is 275 g/mol. The summed E-state index contributed by atoms with van der Waals surface area (Å²) in [6.07, 6.45) is -4.35. The predicted molar refractivity (Wildman–Crippen MR) is 64.6 cm³/mol. The van der Waals surface area contributed by atoms with Crippen LogP contribution >= 0.6 is 0 Å². The summed E-state index contributed by atoms with van der Waals surface area (Å²) in [7, 11) is 0. The number of halogens is 3. The number of carboxylic acid groups (broad SMARTS) is 1. The molecule has 0 bridgehead atoms. The maximum Gasteiger partial charge on any atom is 0.416 e. The second kappa shape index (κ2) is 6.06. The minimum atomic E-state index is -4.35. The molecule has 106 valence electrons. The van der Waals surface area contributed by atoms with Gasteiger partial charge < -0.3 is 5.11 Å². The molecular weight excluding hydrogens is 259 g/mol. The van der Waals surface area contributed by atoms with Gasteiger partial charge in [0.25, 0.3) is 0 Å². The van der Waals surface area contributed by atoms with E-state index < -0.39 is 17.7 Å². The highest BCUT2D eigenvalue weighted by Crippen LogP contribution is 2.29. The monoisotopic (exact) mass is 275 g/mol. The second-order valence-electron chi connectivity index (χ2n) is 4.59. The van der Waals surface area contributed by atoms with E-state index in [1.165, 1.54) is 12.1 Å². The molecule has 0 unspecified atom stereocenters. The highest BCUT2D eigenvalue weighted by molar-refractivity contribution is 5.69. The van der Waals surface area contributed by atoms with Crippen LogP contribution in [0.25, 0.3) is 0 Å². The van der Waals surface area contributed by atoms with Crippen LogP contribution in [0.5, 0.6) is 0 Å². The summed E-state index contributed by atoms with van der Waals surface area (Å²) >= 11 is 0. The average Bonchev–Trinajstić information content (AvgIpc) is 2.27. The molecular formula is C13H16F3NO2. The number of nitrogens with zero attached hydrogens (tertiary/aromatic N) is 1. The third-order valence-corrected chi connectivity index (χ3v) is 2.74. The van der Waals surface area contributed by atoms with Crippen molar-refractivity contribution in [2.45, 2.75) is 32.6 Å². The van der Waals surface area contributed by atoms with Gasteiger partial charge in [0, 0.05) is 12.6 Å². The molecule has 0 spiro atoms. The first-order valence-corrected chi connectivity index (χ1v) is 5.82. The van der Waals surface area contributed by atoms with Gasteiger partial charge in [0.2, 0.25) is 0 Å². The normalized spacial score (nSPS) is 12.2. The van der Waals surface area contributed by atoms with Crippen molar-refractivity contribution in [3.8, 4) is 0 Å². The minimum absolute atomic E-state index is 0.00149. The number of carbonyl (C=O) groups is 1. The number of benzene rings is 1. The lowest BCUT2D eigenvalue weighted by atomic mass is 10.1. The molecule has 0 heterocycles. The van der Waals surface area contributed by atoms with Crippen LogP contribution in [-0.2, 0) is 17.5 Å². The van der Waals surface area contributed by atoms with Crippen molar-refractivity contribution in [1.29, 1.82) is 0 Å². The van der Waals surface area contributed by atoms with E-state index in [1.807, 2.05) is 13.8 Å². The first kappa shape index (κ1) is 15.5. The fourth-order valence-electron chi connectivity index (χ4n) is 1.63. The van der Waals surface area contributed by atoms with Gasteiger partial charge in [-0.2, -0.15) is 13.2 Å². The largest absolute Gasteiger partial charge is 0.480 e. The van der Waals surface area contributed by atoms with Crippen molar-refractivity contribution in [2.24, 2.45) is 0 Å². The molecule has 0 aliphatic carbocycles. The molecule has 1 rings (SSSR count). The summed E-state index contributed by atoms with van der Waals surface area (Å²) in [4.78, 5) is 12.4. The van der Waals surface area contributed by atoms with E-state index in [0.29, 0.717) is 12.1 Å². The summed E-state index contributed by atoms with van der Waals surface area (Å²) in [5, 5.41) is 8.77. The van der Waals surface area contributed by atoms with Crippen molar-refractivity contribution in [2.75, 3.05) is 6.54 Å². The lowest BCUT2D eigenvalue weighted by Gasteiger charge is -2.24. The molecule has 0 fully saturated rings. The van der Waals surface area contributed by atoms with Crippen LogP contribution in [0.1, 0.15) is 25.0 Å². The van der Waals surface area contributed by atoms with Crippen molar-refractivity contribution < 1.29 is 23.1 Å². The zero-order valence-corrected chi connectivity index (χ0v) is 10.7. The Hall–Kier alpha value is -1.56. The standard InChI is InChI=1S/C13H16F3NO2/c1-9(2)17(8-12(18)19)7-10-3-5-11(6-4-10)13(14,15)16/h3-6,9H,7-8H2,1-2H3,(H,18,19). The Morgan fingerprint density at radius 1 is 1.26 bits per heavy atom. The van der Waals surface area contributed by atoms with Crippen LogP contribution in [0.3, 0.4) is 0 Å². The highest BCUT2D eigenvalue weighted by atomic mass is 19.4. The lowest BCUT2D eigenvalue weighted by Crippen LogP contribution is -2.35. The van der Waals surface area contributed by atoms with Crippen molar-refractivity contribution in [3.05, 3.63) is 35.4 Å². The van der Waals surface area contributed by atoms with Gasteiger partial charge in [-0.25, -0.2) is 0 Å². The van der Waals surface area contributed by atoms with Crippen LogP contribution in [0.4, 0.5) is 13.2 Å². The molecule has 1 aromatic rings. The van der Waals surface area contributed by atoms with Crippen molar-refractivity contribution in [3.63, 3.8) is 0 Å². The van der Waals surface area contributed by atoms with Crippen LogP contribution in [0, 0.1) is 0 Å². The van der Waals surface area contributed by atoms with Gasteiger partial charge in [-0.15, -0.1) is 0 Å². The van der Waals surface area contributed by atoms with Crippen LogP contribution in [0.15, 0.2) is 24.3 Å². The maximum absolute atomic E-state index is 12.4. The number of hydrogen-bond acceptors (Lipinski definition) is 2. The number of alkyl halides is 3. The third-order valence-electron chi connectivity index (χ3n) is 2.74. The van der Waals surface area contributed by atoms with E-state index >= 15 is 0 Å². The SMILES string of the molecule is CC(C)N(CC(=O)O)Cc1ccc(C(F)(F)F)cc1. The molecule has 0 aliphatic heterocycles. The van der Waals surface area contributed by atoms with E-state index in [2.05, 4.69) is 0 Å². The zero-order chi connectivity index (χ0) is 14.6.